The lowest BCUT2D eigenvalue weighted by Gasteiger charge is -2.24. The minimum absolute atomic E-state index is 0.255. The number of allylic oxidation sites excluding steroid dienone is 4. The summed E-state index contributed by atoms with van der Waals surface area (Å²) in [6.45, 7) is 26.5. The summed E-state index contributed by atoms with van der Waals surface area (Å²) in [5, 5.41) is 0. The normalized spacial score (nSPS) is 16.4. The predicted molar refractivity (Wildman–Crippen MR) is 123 cm³/mol. The van der Waals surface area contributed by atoms with Crippen LogP contribution < -0.4 is 5.73 Å². The van der Waals surface area contributed by atoms with Gasteiger partial charge < -0.3 is 5.73 Å². The molecule has 0 radical (unpaired) electrons. The first-order valence-electron chi connectivity index (χ1n) is 10.8. The fourth-order valence-corrected chi connectivity index (χ4v) is 3.15. The monoisotopic (exact) mass is 363 g/mol. The quantitative estimate of drug-likeness (QED) is 0.308. The average Bonchev–Trinajstić information content (AvgIpc) is 2.59. The van der Waals surface area contributed by atoms with Gasteiger partial charge in [-0.2, -0.15) is 0 Å². The first-order valence-corrected chi connectivity index (χ1v) is 10.8. The second-order valence-corrected chi connectivity index (χ2v) is 8.71. The summed E-state index contributed by atoms with van der Waals surface area (Å²) in [6, 6.07) is 0.255. The van der Waals surface area contributed by atoms with E-state index in [1.54, 1.807) is 0 Å². The highest BCUT2D eigenvalue weighted by Gasteiger charge is 2.17. The Morgan fingerprint density at radius 2 is 1.65 bits per heavy atom. The molecular formula is C25H49N. The van der Waals surface area contributed by atoms with E-state index in [0.29, 0.717) is 17.3 Å². The molecule has 0 aliphatic rings. The van der Waals surface area contributed by atoms with Crippen molar-refractivity contribution in [1.29, 1.82) is 0 Å². The lowest BCUT2D eigenvalue weighted by atomic mass is 9.83. The minimum atomic E-state index is 0.255. The van der Waals surface area contributed by atoms with Gasteiger partial charge in [0.2, 0.25) is 0 Å². The molecule has 3 atom stereocenters. The van der Waals surface area contributed by atoms with E-state index in [2.05, 4.69) is 74.1 Å². The third-order valence-electron chi connectivity index (χ3n) is 5.28. The van der Waals surface area contributed by atoms with Crippen molar-refractivity contribution < 1.29 is 0 Å². The van der Waals surface area contributed by atoms with Crippen LogP contribution in [0.4, 0.5) is 0 Å². The van der Waals surface area contributed by atoms with E-state index in [1.807, 2.05) is 13.8 Å². The van der Waals surface area contributed by atoms with E-state index in [-0.39, 0.29) is 6.04 Å². The van der Waals surface area contributed by atoms with E-state index < -0.39 is 0 Å². The number of rotatable bonds is 10. The lowest BCUT2D eigenvalue weighted by molar-refractivity contribution is 0.378. The zero-order valence-electron chi connectivity index (χ0n) is 19.7. The second kappa shape index (κ2) is 14.3. The molecule has 0 fully saturated rings. The highest BCUT2D eigenvalue weighted by molar-refractivity contribution is 5.33. The van der Waals surface area contributed by atoms with Crippen LogP contribution in [-0.4, -0.2) is 6.04 Å². The van der Waals surface area contributed by atoms with E-state index in [1.165, 1.54) is 23.1 Å². The van der Waals surface area contributed by atoms with Gasteiger partial charge in [0.25, 0.3) is 0 Å². The Morgan fingerprint density at radius 1 is 1.12 bits per heavy atom. The van der Waals surface area contributed by atoms with Crippen LogP contribution in [0.25, 0.3) is 0 Å². The van der Waals surface area contributed by atoms with Crippen molar-refractivity contribution in [3.63, 3.8) is 0 Å². The van der Waals surface area contributed by atoms with Crippen LogP contribution in [0.5, 0.6) is 0 Å². The predicted octanol–water partition coefficient (Wildman–Crippen LogP) is 8.08. The molecule has 26 heavy (non-hydrogen) atoms. The molecule has 0 aromatic carbocycles. The smallest absolute Gasteiger partial charge is 0.00994 e. The summed E-state index contributed by atoms with van der Waals surface area (Å²) < 4.78 is 0. The third kappa shape index (κ3) is 11.7. The Morgan fingerprint density at radius 3 is 2.08 bits per heavy atom. The summed E-state index contributed by atoms with van der Waals surface area (Å²) in [5.74, 6) is 1.04. The second-order valence-electron chi connectivity index (χ2n) is 8.71. The van der Waals surface area contributed by atoms with Crippen LogP contribution in [0.1, 0.15) is 101 Å². The average molecular weight is 364 g/mol. The Hall–Kier alpha value is -0.820. The summed E-state index contributed by atoms with van der Waals surface area (Å²) in [5.41, 5.74) is 11.0. The molecule has 0 bridgehead atoms. The van der Waals surface area contributed by atoms with Crippen LogP contribution in [0.3, 0.4) is 0 Å². The van der Waals surface area contributed by atoms with Gasteiger partial charge in [-0.15, -0.1) is 0 Å². The van der Waals surface area contributed by atoms with Crippen LogP contribution in [-0.2, 0) is 0 Å². The topological polar surface area (TPSA) is 26.0 Å². The molecule has 0 saturated carbocycles. The van der Waals surface area contributed by atoms with Gasteiger partial charge >= 0.3 is 0 Å². The molecule has 3 unspecified atom stereocenters. The van der Waals surface area contributed by atoms with Crippen molar-refractivity contribution in [3.05, 3.63) is 35.5 Å². The van der Waals surface area contributed by atoms with Crippen LogP contribution >= 0.6 is 0 Å². The van der Waals surface area contributed by atoms with Gasteiger partial charge in [-0.1, -0.05) is 85.3 Å². The molecule has 0 saturated heterocycles. The fraction of sp³-hybridized carbons (Fsp3) is 0.760. The van der Waals surface area contributed by atoms with Gasteiger partial charge in [0.05, 0.1) is 0 Å². The molecule has 154 valence electrons. The summed E-state index contributed by atoms with van der Waals surface area (Å²) in [4.78, 5) is 0. The molecule has 1 heteroatoms. The van der Waals surface area contributed by atoms with Crippen LogP contribution in [0.15, 0.2) is 35.5 Å². The van der Waals surface area contributed by atoms with E-state index in [4.69, 9.17) is 5.73 Å². The van der Waals surface area contributed by atoms with Crippen LogP contribution in [0, 0.1) is 17.3 Å². The highest BCUT2D eigenvalue weighted by atomic mass is 14.6. The van der Waals surface area contributed by atoms with E-state index in [9.17, 15) is 0 Å². The Balaban J connectivity index is 0. The third-order valence-corrected chi connectivity index (χ3v) is 5.28. The summed E-state index contributed by atoms with van der Waals surface area (Å²) in [6.07, 6.45) is 9.94. The maximum atomic E-state index is 6.33. The molecule has 0 aromatic heterocycles. The Bertz CT molecular complexity index is 434. The van der Waals surface area contributed by atoms with E-state index >= 15 is 0 Å². The van der Waals surface area contributed by atoms with Gasteiger partial charge in [0.1, 0.15) is 0 Å². The zero-order valence-corrected chi connectivity index (χ0v) is 19.7. The maximum absolute atomic E-state index is 6.33. The first kappa shape index (κ1) is 27.4. The molecule has 0 aliphatic carbocycles. The summed E-state index contributed by atoms with van der Waals surface area (Å²) in [7, 11) is 0. The van der Waals surface area contributed by atoms with Crippen LogP contribution in [0.2, 0.25) is 0 Å². The molecule has 0 aliphatic heterocycles. The molecule has 0 rings (SSSR count). The van der Waals surface area contributed by atoms with Crippen molar-refractivity contribution in [2.75, 3.05) is 0 Å². The zero-order chi connectivity index (χ0) is 20.9. The Labute approximate surface area is 166 Å². The molecule has 0 aromatic rings. The standard InChI is InChI=1S/C23H43N.C2H6/c1-10-12-19(5)22(24)14-13-17(3)20(6)21(11-2)18(4)15-16-23(7,8)9;1-2/h10,12,17,19,22H,4,11,13-16,24H2,1-3,5-9H3;1-2H3/b12-10-,21-20+;. The van der Waals surface area contributed by atoms with Gasteiger partial charge in [-0.05, 0) is 68.8 Å². The SMILES string of the molecule is C=C(CCC(C)(C)C)/C(CC)=C(\C)C(C)CCC(N)C(C)/C=C\C.CC. The molecule has 0 heterocycles. The molecule has 1 nitrogen and oxygen atoms in total. The van der Waals surface area contributed by atoms with Crippen molar-refractivity contribution >= 4 is 0 Å². The minimum Gasteiger partial charge on any atom is -0.327 e. The van der Waals surface area contributed by atoms with Gasteiger partial charge in [0, 0.05) is 6.04 Å². The molecular weight excluding hydrogens is 314 g/mol. The molecule has 0 spiro atoms. The maximum Gasteiger partial charge on any atom is 0.00994 e. The molecule has 0 amide bonds. The molecule has 2 N–H and O–H groups in total. The van der Waals surface area contributed by atoms with Crippen molar-refractivity contribution in [2.45, 2.75) is 107 Å². The largest absolute Gasteiger partial charge is 0.327 e. The summed E-state index contributed by atoms with van der Waals surface area (Å²) >= 11 is 0. The fourth-order valence-electron chi connectivity index (χ4n) is 3.15. The van der Waals surface area contributed by atoms with Gasteiger partial charge in [0.15, 0.2) is 0 Å². The number of hydrogen-bond donors (Lipinski definition) is 1. The Kier molecular flexibility index (Phi) is 15.0. The van der Waals surface area contributed by atoms with Gasteiger partial charge in [-0.25, -0.2) is 0 Å². The van der Waals surface area contributed by atoms with Crippen molar-refractivity contribution in [1.82, 2.24) is 0 Å². The van der Waals surface area contributed by atoms with Gasteiger partial charge in [-0.3, -0.25) is 0 Å². The van der Waals surface area contributed by atoms with Crippen molar-refractivity contribution in [2.24, 2.45) is 23.0 Å². The van der Waals surface area contributed by atoms with Crippen molar-refractivity contribution in [3.8, 4) is 0 Å². The highest BCUT2D eigenvalue weighted by Crippen LogP contribution is 2.31. The lowest BCUT2D eigenvalue weighted by Crippen LogP contribution is -2.27. The first-order chi connectivity index (χ1) is 12.0. The number of hydrogen-bond acceptors (Lipinski definition) is 1. The van der Waals surface area contributed by atoms with E-state index in [0.717, 1.165) is 25.7 Å². The number of nitrogens with two attached hydrogens (primary N) is 1.